The van der Waals surface area contributed by atoms with Gasteiger partial charge in [0, 0.05) is 37.8 Å². The average molecular weight is 573 g/mol. The van der Waals surface area contributed by atoms with E-state index in [-0.39, 0.29) is 22.2 Å². The Hall–Kier alpha value is -3.00. The minimum Gasteiger partial charge on any atom is -0.385 e. The predicted octanol–water partition coefficient (Wildman–Crippen LogP) is 2.37. The molecule has 5 heterocycles. The van der Waals surface area contributed by atoms with Gasteiger partial charge in [0.1, 0.15) is 17.1 Å². The van der Waals surface area contributed by atoms with E-state index in [0.717, 1.165) is 18.4 Å². The van der Waals surface area contributed by atoms with Crippen molar-refractivity contribution >= 4 is 42.1 Å². The summed E-state index contributed by atoms with van der Waals surface area (Å²) in [5.41, 5.74) is 2.51. The van der Waals surface area contributed by atoms with Gasteiger partial charge in [0.2, 0.25) is 10.0 Å². The number of hydrogen-bond acceptors (Lipinski definition) is 8. The number of pyridine rings is 1. The lowest BCUT2D eigenvalue weighted by Crippen LogP contribution is -2.45. The Bertz CT molecular complexity index is 1750. The fourth-order valence-corrected chi connectivity index (χ4v) is 8.59. The molecule has 0 radical (unpaired) electrons. The molecule has 4 aromatic rings. The fourth-order valence-electron chi connectivity index (χ4n) is 5.69. The molecule has 0 bridgehead atoms. The molecule has 0 aliphatic carbocycles. The first kappa shape index (κ1) is 26.2. The van der Waals surface area contributed by atoms with Crippen molar-refractivity contribution in [1.82, 2.24) is 22.9 Å². The predicted molar refractivity (Wildman–Crippen MR) is 148 cm³/mol. The number of aliphatic hydroxyl groups is 1. The highest BCUT2D eigenvalue weighted by molar-refractivity contribution is 7.90. The molecule has 1 unspecified atom stereocenters. The number of aryl methyl sites for hydroxylation is 1. The molecular weight excluding hydrogens is 540 g/mol. The fraction of sp³-hybridized carbons (Fsp3) is 0.462. The molecule has 39 heavy (non-hydrogen) atoms. The molecule has 2 saturated heterocycles. The van der Waals surface area contributed by atoms with E-state index in [0.29, 0.717) is 54.8 Å². The molecule has 0 saturated carbocycles. The van der Waals surface area contributed by atoms with Gasteiger partial charge in [0.15, 0.2) is 11.5 Å². The monoisotopic (exact) mass is 572 g/mol. The molecule has 11 nitrogen and oxygen atoms in total. The van der Waals surface area contributed by atoms with E-state index in [4.69, 9.17) is 0 Å². The lowest BCUT2D eigenvalue weighted by Gasteiger charge is -2.36. The lowest BCUT2D eigenvalue weighted by molar-refractivity contribution is 0.181. The van der Waals surface area contributed by atoms with E-state index in [1.165, 1.54) is 10.2 Å². The first-order chi connectivity index (χ1) is 18.6. The van der Waals surface area contributed by atoms with E-state index >= 15 is 0 Å². The van der Waals surface area contributed by atoms with Crippen LogP contribution in [0.1, 0.15) is 43.7 Å². The maximum absolute atomic E-state index is 13.5. The van der Waals surface area contributed by atoms with Crippen molar-refractivity contribution in [3.05, 3.63) is 54.1 Å². The molecule has 13 heteroatoms. The molecule has 3 aromatic heterocycles. The summed E-state index contributed by atoms with van der Waals surface area (Å²) in [5.74, 6) is 0.934. The van der Waals surface area contributed by atoms with E-state index < -0.39 is 26.2 Å². The molecule has 0 amide bonds. The van der Waals surface area contributed by atoms with Crippen molar-refractivity contribution in [2.45, 2.75) is 44.1 Å². The Morgan fingerprint density at radius 1 is 1.10 bits per heavy atom. The maximum Gasteiger partial charge on any atom is 0.269 e. The summed E-state index contributed by atoms with van der Waals surface area (Å²) in [4.78, 5) is 9.30. The number of benzene rings is 1. The van der Waals surface area contributed by atoms with Gasteiger partial charge in [-0.05, 0) is 57.2 Å². The van der Waals surface area contributed by atoms with Crippen LogP contribution in [0.25, 0.3) is 22.1 Å². The number of nitrogens with zero attached hydrogens (tertiary/aromatic N) is 6. The molecular formula is C26H32N6O5S2. The van der Waals surface area contributed by atoms with Crippen LogP contribution in [0.5, 0.6) is 0 Å². The molecule has 6 rings (SSSR count). The molecule has 1 atom stereocenters. The average Bonchev–Trinajstić information content (AvgIpc) is 3.59. The third-order valence-electron chi connectivity index (χ3n) is 7.79. The summed E-state index contributed by atoms with van der Waals surface area (Å²) in [7, 11) is -7.01. The molecule has 1 N–H and O–H groups in total. The number of imidazole rings is 1. The van der Waals surface area contributed by atoms with Crippen molar-refractivity contribution in [2.24, 2.45) is 5.92 Å². The van der Waals surface area contributed by atoms with Crippen LogP contribution in [0.4, 0.5) is 0 Å². The first-order valence-electron chi connectivity index (χ1n) is 13.2. The largest absolute Gasteiger partial charge is 0.385 e. The van der Waals surface area contributed by atoms with Gasteiger partial charge in [-0.15, -0.1) is 0 Å². The van der Waals surface area contributed by atoms with Crippen LogP contribution in [0, 0.1) is 12.8 Å². The van der Waals surface area contributed by atoms with E-state index in [1.807, 2.05) is 11.6 Å². The summed E-state index contributed by atoms with van der Waals surface area (Å²) in [5, 5.41) is 13.3. The number of piperidine rings is 1. The second-order valence-electron chi connectivity index (χ2n) is 10.5. The number of aliphatic hydroxyl groups excluding tert-OH is 1. The van der Waals surface area contributed by atoms with Gasteiger partial charge in [-0.3, -0.25) is 0 Å². The zero-order valence-corrected chi connectivity index (χ0v) is 23.6. The highest BCUT2D eigenvalue weighted by Crippen LogP contribution is 2.32. The Morgan fingerprint density at radius 2 is 1.82 bits per heavy atom. The van der Waals surface area contributed by atoms with Crippen molar-refractivity contribution in [3.8, 4) is 0 Å². The number of rotatable bonds is 6. The van der Waals surface area contributed by atoms with E-state index in [2.05, 4.69) is 15.0 Å². The molecule has 2 aliphatic heterocycles. The van der Waals surface area contributed by atoms with E-state index in [1.54, 1.807) is 47.8 Å². The summed E-state index contributed by atoms with van der Waals surface area (Å²) in [6.45, 7) is 5.98. The zero-order chi connectivity index (χ0) is 27.5. The van der Waals surface area contributed by atoms with Crippen molar-refractivity contribution in [3.63, 3.8) is 0 Å². The summed E-state index contributed by atoms with van der Waals surface area (Å²) in [6.07, 6.45) is 4.46. The van der Waals surface area contributed by atoms with Gasteiger partial charge in [0.05, 0.1) is 16.8 Å². The van der Waals surface area contributed by atoms with Crippen LogP contribution in [0.3, 0.4) is 0 Å². The quantitative estimate of drug-likeness (QED) is 0.373. The van der Waals surface area contributed by atoms with Gasteiger partial charge in [-0.25, -0.2) is 39.8 Å². The van der Waals surface area contributed by atoms with Gasteiger partial charge >= 0.3 is 0 Å². The van der Waals surface area contributed by atoms with Crippen LogP contribution in [0.15, 0.2) is 47.6 Å². The molecule has 2 fully saturated rings. The van der Waals surface area contributed by atoms with Gasteiger partial charge in [-0.1, -0.05) is 17.7 Å². The Balaban J connectivity index is 1.37. The summed E-state index contributed by atoms with van der Waals surface area (Å²) in [6, 6.07) is 8.42. The normalized spacial score (nSPS) is 19.8. The molecule has 2 aliphatic rings. The Kier molecular flexibility index (Phi) is 6.44. The molecule has 0 spiro atoms. The summed E-state index contributed by atoms with van der Waals surface area (Å²) >= 11 is 0. The number of fused-ring (bicyclic) bond motifs is 3. The van der Waals surface area contributed by atoms with E-state index in [9.17, 15) is 21.9 Å². The minimum atomic E-state index is -3.88. The van der Waals surface area contributed by atoms with Gasteiger partial charge in [-0.2, -0.15) is 0 Å². The molecule has 1 aromatic carbocycles. The SMILES string of the molecule is Cc1ccc(S(=O)(=O)n2ccc3c2ncc2nc(C(C)O)n(N4CCC(CN5CCCS5(=O)=O)CC4)c23)cc1. The van der Waals surface area contributed by atoms with Crippen LogP contribution < -0.4 is 5.01 Å². The number of sulfonamides is 1. The third kappa shape index (κ3) is 4.50. The van der Waals surface area contributed by atoms with Gasteiger partial charge in [0.25, 0.3) is 10.0 Å². The van der Waals surface area contributed by atoms with Crippen LogP contribution in [-0.4, -0.2) is 76.8 Å². The topological polar surface area (TPSA) is 131 Å². The van der Waals surface area contributed by atoms with Crippen LogP contribution in [0.2, 0.25) is 0 Å². The van der Waals surface area contributed by atoms with Crippen molar-refractivity contribution in [2.75, 3.05) is 36.9 Å². The second-order valence-corrected chi connectivity index (χ2v) is 14.4. The molecule has 208 valence electrons. The summed E-state index contributed by atoms with van der Waals surface area (Å²) < 4.78 is 56.2. The first-order valence-corrected chi connectivity index (χ1v) is 16.2. The Labute approximate surface area is 227 Å². The van der Waals surface area contributed by atoms with Crippen molar-refractivity contribution in [1.29, 1.82) is 0 Å². The minimum absolute atomic E-state index is 0.174. The highest BCUT2D eigenvalue weighted by Gasteiger charge is 2.33. The Morgan fingerprint density at radius 3 is 2.46 bits per heavy atom. The van der Waals surface area contributed by atoms with Crippen LogP contribution >= 0.6 is 0 Å². The number of aromatic nitrogens is 4. The standard InChI is InChI=1S/C26H32N6O5S2/c1-18-4-6-21(7-5-18)39(36,37)31-14-10-22-24-23(16-27-26(22)31)28-25(19(2)33)32(24)29-12-8-20(9-13-29)17-30-11-3-15-38(30,34)35/h4-7,10,14,16,19-20,33H,3,8-9,11-13,15,17H2,1-2H3. The second kappa shape index (κ2) is 9.58. The smallest absolute Gasteiger partial charge is 0.269 e. The zero-order valence-electron chi connectivity index (χ0n) is 21.9. The third-order valence-corrected chi connectivity index (χ3v) is 11.4. The maximum atomic E-state index is 13.5. The van der Waals surface area contributed by atoms with Gasteiger partial charge < -0.3 is 10.1 Å². The highest BCUT2D eigenvalue weighted by atomic mass is 32.2. The lowest BCUT2D eigenvalue weighted by atomic mass is 9.97. The van der Waals surface area contributed by atoms with Crippen LogP contribution in [-0.2, 0) is 20.0 Å². The number of hydrogen-bond donors (Lipinski definition) is 1. The van der Waals surface area contributed by atoms with Crippen molar-refractivity contribution < 1.29 is 21.9 Å².